The fraction of sp³-hybridized carbons (Fsp3) is 0.200. The van der Waals surface area contributed by atoms with Crippen molar-refractivity contribution in [3.05, 3.63) is 72.6 Å². The summed E-state index contributed by atoms with van der Waals surface area (Å²) in [6.45, 7) is 1.12. The Bertz CT molecular complexity index is 824. The molecule has 2 aromatic heterocycles. The molecule has 0 unspecified atom stereocenters. The van der Waals surface area contributed by atoms with E-state index in [1.54, 1.807) is 12.4 Å². The summed E-state index contributed by atoms with van der Waals surface area (Å²) in [5.74, 6) is 1.36. The third-order valence-corrected chi connectivity index (χ3v) is 3.85. The normalized spacial score (nSPS) is 10.2. The first-order valence-electron chi connectivity index (χ1n) is 8.85. The highest BCUT2D eigenvalue weighted by molar-refractivity contribution is 5.76. The average Bonchev–Trinajstić information content (AvgIpc) is 2.72. The van der Waals surface area contributed by atoms with Gasteiger partial charge < -0.3 is 16.0 Å². The van der Waals surface area contributed by atoms with Crippen molar-refractivity contribution in [1.29, 1.82) is 0 Å². The van der Waals surface area contributed by atoms with Crippen molar-refractivity contribution >= 4 is 23.2 Å². The van der Waals surface area contributed by atoms with Gasteiger partial charge in [-0.15, -0.1) is 10.2 Å². The number of aromatic nitrogens is 3. The Morgan fingerprint density at radius 3 is 2.33 bits per heavy atom. The maximum absolute atomic E-state index is 11.9. The number of hydrogen-bond donors (Lipinski definition) is 3. The van der Waals surface area contributed by atoms with Gasteiger partial charge in [-0.05, 0) is 36.2 Å². The van der Waals surface area contributed by atoms with E-state index in [0.29, 0.717) is 31.1 Å². The zero-order valence-corrected chi connectivity index (χ0v) is 14.9. The number of nitrogens with one attached hydrogen (secondary N) is 3. The molecule has 0 saturated heterocycles. The summed E-state index contributed by atoms with van der Waals surface area (Å²) in [7, 11) is 0. The lowest BCUT2D eigenvalue weighted by molar-refractivity contribution is -0.120. The molecule has 0 fully saturated rings. The SMILES string of the molecule is O=C(CCc1ccccc1)NCCNc1ccc(Nc2ccncc2)nn1. The molecule has 3 aromatic rings. The molecule has 0 aliphatic carbocycles. The zero-order valence-electron chi connectivity index (χ0n) is 14.9. The quantitative estimate of drug-likeness (QED) is 0.507. The van der Waals surface area contributed by atoms with Crippen LogP contribution in [0.2, 0.25) is 0 Å². The van der Waals surface area contributed by atoms with Crippen LogP contribution < -0.4 is 16.0 Å². The molecule has 3 N–H and O–H groups in total. The summed E-state index contributed by atoms with van der Waals surface area (Å²) in [6, 6.07) is 17.4. The highest BCUT2D eigenvalue weighted by Crippen LogP contribution is 2.13. The smallest absolute Gasteiger partial charge is 0.220 e. The van der Waals surface area contributed by atoms with E-state index >= 15 is 0 Å². The molecule has 7 nitrogen and oxygen atoms in total. The summed E-state index contributed by atoms with van der Waals surface area (Å²) < 4.78 is 0. The molecule has 1 amide bonds. The molecular weight excluding hydrogens is 340 g/mol. The van der Waals surface area contributed by atoms with Crippen LogP contribution in [0.1, 0.15) is 12.0 Å². The van der Waals surface area contributed by atoms with E-state index in [4.69, 9.17) is 0 Å². The third-order valence-electron chi connectivity index (χ3n) is 3.85. The molecule has 0 aliphatic heterocycles. The minimum atomic E-state index is 0.0450. The molecule has 0 atom stereocenters. The second-order valence-corrected chi connectivity index (χ2v) is 5.93. The van der Waals surface area contributed by atoms with E-state index < -0.39 is 0 Å². The van der Waals surface area contributed by atoms with Crippen molar-refractivity contribution in [2.45, 2.75) is 12.8 Å². The summed E-state index contributed by atoms with van der Waals surface area (Å²) in [4.78, 5) is 15.8. The van der Waals surface area contributed by atoms with E-state index in [1.165, 1.54) is 5.56 Å². The monoisotopic (exact) mass is 362 g/mol. The number of carbonyl (C=O) groups excluding carboxylic acids is 1. The Kier molecular flexibility index (Phi) is 6.69. The van der Waals surface area contributed by atoms with Gasteiger partial charge in [0.1, 0.15) is 5.82 Å². The zero-order chi connectivity index (χ0) is 18.7. The van der Waals surface area contributed by atoms with Crippen LogP contribution in [0, 0.1) is 0 Å². The van der Waals surface area contributed by atoms with Crippen LogP contribution in [-0.2, 0) is 11.2 Å². The molecule has 1 aromatic carbocycles. The van der Waals surface area contributed by atoms with Gasteiger partial charge in [0.25, 0.3) is 0 Å². The molecule has 0 saturated carbocycles. The number of pyridine rings is 1. The van der Waals surface area contributed by atoms with E-state index in [1.807, 2.05) is 54.6 Å². The van der Waals surface area contributed by atoms with Crippen LogP contribution in [0.5, 0.6) is 0 Å². The van der Waals surface area contributed by atoms with Crippen LogP contribution in [-0.4, -0.2) is 34.2 Å². The second-order valence-electron chi connectivity index (χ2n) is 5.93. The first-order valence-corrected chi connectivity index (χ1v) is 8.85. The number of amides is 1. The fourth-order valence-corrected chi connectivity index (χ4v) is 2.46. The summed E-state index contributed by atoms with van der Waals surface area (Å²) in [6.07, 6.45) is 4.65. The lowest BCUT2D eigenvalue weighted by atomic mass is 10.1. The van der Waals surface area contributed by atoms with Gasteiger partial charge in [-0.2, -0.15) is 0 Å². The van der Waals surface area contributed by atoms with Crippen LogP contribution in [0.25, 0.3) is 0 Å². The highest BCUT2D eigenvalue weighted by atomic mass is 16.1. The standard InChI is InChI=1S/C20H22N6O/c27-20(9-6-16-4-2-1-3-5-16)23-15-14-22-18-7-8-19(26-25-18)24-17-10-12-21-13-11-17/h1-5,7-8,10-13H,6,9,14-15H2,(H,22,25)(H,23,27)(H,21,24,26). The second kappa shape index (κ2) is 9.86. The van der Waals surface area contributed by atoms with Crippen LogP contribution in [0.4, 0.5) is 17.3 Å². The Morgan fingerprint density at radius 2 is 1.59 bits per heavy atom. The Morgan fingerprint density at radius 1 is 0.852 bits per heavy atom. The van der Waals surface area contributed by atoms with Crippen LogP contribution >= 0.6 is 0 Å². The Balaban J connectivity index is 1.33. The topological polar surface area (TPSA) is 91.8 Å². The third kappa shape index (κ3) is 6.39. The van der Waals surface area contributed by atoms with Gasteiger partial charge in [0.05, 0.1) is 0 Å². The molecule has 0 aliphatic rings. The number of benzene rings is 1. The van der Waals surface area contributed by atoms with Gasteiger partial charge >= 0.3 is 0 Å². The summed E-state index contributed by atoms with van der Waals surface area (Å²) in [5, 5.41) is 17.4. The largest absolute Gasteiger partial charge is 0.367 e. The van der Waals surface area contributed by atoms with E-state index in [0.717, 1.165) is 12.1 Å². The maximum atomic E-state index is 11.9. The fourth-order valence-electron chi connectivity index (χ4n) is 2.46. The lowest BCUT2D eigenvalue weighted by Crippen LogP contribution is -2.29. The molecule has 3 rings (SSSR count). The van der Waals surface area contributed by atoms with E-state index in [-0.39, 0.29) is 5.91 Å². The predicted octanol–water partition coefficient (Wildman–Crippen LogP) is 2.78. The molecular formula is C20H22N6O. The minimum absolute atomic E-state index is 0.0450. The van der Waals surface area contributed by atoms with Crippen molar-refractivity contribution in [2.24, 2.45) is 0 Å². The van der Waals surface area contributed by atoms with Gasteiger partial charge in [0, 0.05) is 37.6 Å². The van der Waals surface area contributed by atoms with E-state index in [9.17, 15) is 4.79 Å². The summed E-state index contributed by atoms with van der Waals surface area (Å²) in [5.41, 5.74) is 2.07. The molecule has 2 heterocycles. The highest BCUT2D eigenvalue weighted by Gasteiger charge is 2.02. The van der Waals surface area contributed by atoms with Gasteiger partial charge in [0.15, 0.2) is 5.82 Å². The van der Waals surface area contributed by atoms with Gasteiger partial charge in [-0.1, -0.05) is 30.3 Å². The minimum Gasteiger partial charge on any atom is -0.367 e. The van der Waals surface area contributed by atoms with E-state index in [2.05, 4.69) is 31.1 Å². The number of aryl methyl sites for hydroxylation is 1. The van der Waals surface area contributed by atoms with Crippen molar-refractivity contribution in [1.82, 2.24) is 20.5 Å². The van der Waals surface area contributed by atoms with Gasteiger partial charge in [-0.3, -0.25) is 9.78 Å². The Hall–Kier alpha value is -3.48. The average molecular weight is 362 g/mol. The number of rotatable bonds is 9. The van der Waals surface area contributed by atoms with Crippen molar-refractivity contribution in [3.63, 3.8) is 0 Å². The molecule has 138 valence electrons. The van der Waals surface area contributed by atoms with Crippen molar-refractivity contribution in [3.8, 4) is 0 Å². The molecule has 0 spiro atoms. The lowest BCUT2D eigenvalue weighted by Gasteiger charge is -2.08. The Labute approximate surface area is 158 Å². The van der Waals surface area contributed by atoms with Crippen LogP contribution in [0.3, 0.4) is 0 Å². The number of anilines is 3. The molecule has 0 bridgehead atoms. The number of carbonyl (C=O) groups is 1. The van der Waals surface area contributed by atoms with Crippen LogP contribution in [0.15, 0.2) is 67.0 Å². The molecule has 7 heteroatoms. The number of nitrogens with zero attached hydrogens (tertiary/aromatic N) is 3. The first-order chi connectivity index (χ1) is 13.3. The first kappa shape index (κ1) is 18.3. The van der Waals surface area contributed by atoms with Gasteiger partial charge in [0.2, 0.25) is 5.91 Å². The van der Waals surface area contributed by atoms with Crippen molar-refractivity contribution < 1.29 is 4.79 Å². The molecule has 0 radical (unpaired) electrons. The number of hydrogen-bond acceptors (Lipinski definition) is 6. The summed E-state index contributed by atoms with van der Waals surface area (Å²) >= 11 is 0. The predicted molar refractivity (Wildman–Crippen MR) is 106 cm³/mol. The maximum Gasteiger partial charge on any atom is 0.220 e. The van der Waals surface area contributed by atoms with Gasteiger partial charge in [-0.25, -0.2) is 0 Å². The van der Waals surface area contributed by atoms with Crippen molar-refractivity contribution in [2.75, 3.05) is 23.7 Å². The molecule has 27 heavy (non-hydrogen) atoms.